The van der Waals surface area contributed by atoms with Crippen molar-refractivity contribution in [1.82, 2.24) is 67.5 Å². The Labute approximate surface area is 814 Å². The van der Waals surface area contributed by atoms with Crippen molar-refractivity contribution in [3.8, 4) is 0 Å². The third-order valence-electron chi connectivity index (χ3n) is 26.3. The van der Waals surface area contributed by atoms with Gasteiger partial charge in [-0.1, -0.05) is 49.9 Å². The molecule has 0 radical (unpaired) electrons. The number of hydrogen-bond acceptors (Lipinski definition) is 37. The number of halogens is 4. The van der Waals surface area contributed by atoms with Crippen LogP contribution in [0.4, 0.5) is 9.59 Å². The first-order valence-electron chi connectivity index (χ1n) is 45.6. The number of carbonyl (C=O) groups excluding carboxylic acids is 6. The van der Waals surface area contributed by atoms with Gasteiger partial charge in [-0.3, -0.25) is 24.1 Å². The lowest BCUT2D eigenvalue weighted by atomic mass is 9.92. The van der Waals surface area contributed by atoms with E-state index >= 15 is 0 Å². The topological polar surface area (TPSA) is 549 Å². The van der Waals surface area contributed by atoms with Gasteiger partial charge in [-0.2, -0.15) is 0 Å². The van der Waals surface area contributed by atoms with Crippen molar-refractivity contribution < 1.29 is 133 Å². The van der Waals surface area contributed by atoms with Crippen molar-refractivity contribution >= 4 is 129 Å². The molecule has 21 N–H and O–H groups in total. The highest BCUT2D eigenvalue weighted by molar-refractivity contribution is 7.99. The number of alkyl halides is 4. The highest BCUT2D eigenvalue weighted by Crippen LogP contribution is 2.38. The molecule has 8 unspecified atom stereocenters. The average molecular weight is 2050 g/mol. The van der Waals surface area contributed by atoms with Crippen LogP contribution in [0.25, 0.3) is 0 Å². The molecule has 12 heterocycles. The van der Waals surface area contributed by atoms with E-state index in [0.29, 0.717) is 78.7 Å². The van der Waals surface area contributed by atoms with E-state index in [2.05, 4.69) is 83.3 Å². The molecule has 12 aliphatic rings. The van der Waals surface area contributed by atoms with Gasteiger partial charge in [0, 0.05) is 115 Å². The number of carbonyl (C=O) groups is 6. The van der Waals surface area contributed by atoms with Crippen molar-refractivity contribution in [3.05, 3.63) is 48.6 Å². The van der Waals surface area contributed by atoms with Gasteiger partial charge in [0.1, 0.15) is 150 Å². The molecule has 133 heavy (non-hydrogen) atoms. The number of benzene rings is 1. The molecular weight excluding hydrogens is 1910 g/mol. The molecule has 0 aromatic heterocycles. The first kappa shape index (κ1) is 112. The maximum absolute atomic E-state index is 13.4. The van der Waals surface area contributed by atoms with Crippen LogP contribution in [-0.4, -0.2) is 480 Å². The van der Waals surface area contributed by atoms with Crippen LogP contribution < -0.4 is 47.9 Å². The lowest BCUT2D eigenvalue weighted by Crippen LogP contribution is -2.65. The summed E-state index contributed by atoms with van der Waals surface area (Å²) in [4.78, 5) is 85.5. The second-order valence-electron chi connectivity index (χ2n) is 35.6. The van der Waals surface area contributed by atoms with Crippen LogP contribution in [0, 0.1) is 23.7 Å². The third kappa shape index (κ3) is 28.3. The predicted molar refractivity (Wildman–Crippen MR) is 502 cm³/mol. The molecule has 12 saturated heterocycles. The van der Waals surface area contributed by atoms with Crippen molar-refractivity contribution in [2.75, 3.05) is 150 Å². The highest BCUT2D eigenvalue weighted by Gasteiger charge is 2.56. The number of fused-ring (bicyclic) bond motifs is 4. The zero-order valence-corrected chi connectivity index (χ0v) is 82.8. The number of thioether (sulfide) groups is 4. The average Bonchev–Trinajstić information content (AvgIpc) is 1.62. The van der Waals surface area contributed by atoms with Crippen molar-refractivity contribution in [2.45, 2.75) is 268 Å². The molecule has 48 heteroatoms. The normalized spacial score (nSPS) is 38.8. The Morgan fingerprint density at radius 3 is 1.05 bits per heavy atom. The van der Waals surface area contributed by atoms with Crippen LogP contribution in [0.1, 0.15) is 53.5 Å². The first-order chi connectivity index (χ1) is 63.4. The van der Waals surface area contributed by atoms with Gasteiger partial charge in [0.15, 0.2) is 0 Å². The fraction of sp³-hybridized carbons (Fsp3) is 0.835. The monoisotopic (exact) mass is 2040 g/mol. The summed E-state index contributed by atoms with van der Waals surface area (Å²) in [5.74, 6) is -1.16. The highest BCUT2D eigenvalue weighted by atomic mass is 35.5. The van der Waals surface area contributed by atoms with Crippen LogP contribution in [0.15, 0.2) is 43.0 Å². The summed E-state index contributed by atoms with van der Waals surface area (Å²) in [6.07, 6.45) is -12.8. The molecule has 1 aromatic rings. The molecule has 1 aromatic carbocycles. The van der Waals surface area contributed by atoms with Crippen molar-refractivity contribution in [1.29, 1.82) is 0 Å². The summed E-state index contributed by atoms with van der Waals surface area (Å²) in [5.41, 5.74) is -1.80. The van der Waals surface area contributed by atoms with Crippen LogP contribution in [-0.2, 0) is 68.4 Å². The Bertz CT molecular complexity index is 3790. The number of urea groups is 1. The van der Waals surface area contributed by atoms with E-state index in [4.69, 9.17) is 89.0 Å². The van der Waals surface area contributed by atoms with E-state index in [1.807, 2.05) is 25.1 Å². The van der Waals surface area contributed by atoms with E-state index in [1.165, 1.54) is 58.7 Å². The first-order valence-corrected chi connectivity index (χ1v) is 52.5. The minimum absolute atomic E-state index is 0.0629. The van der Waals surface area contributed by atoms with Gasteiger partial charge in [-0.15, -0.1) is 93.5 Å². The minimum Gasteiger partial charge on any atom is -0.445 e. The molecule has 0 saturated carbocycles. The van der Waals surface area contributed by atoms with Gasteiger partial charge in [-0.05, 0) is 78.2 Å². The van der Waals surface area contributed by atoms with E-state index in [1.54, 1.807) is 62.5 Å². The molecular formula is C85H141Cl4N13O27S4. The van der Waals surface area contributed by atoms with Gasteiger partial charge < -0.3 is 166 Å². The SMILES string of the molecule is C=CCOC(=O)N1CCO[C@@H]2[C@H](CN[C@@H]2C(=O)N[C@H]([C@H](C)Cl)[C@H]2OC(SC)[C@H](O)[C@H](O)C2O)C1.CCCN1CCO[C@@H]2[C@H](CN[C@@H]2C(=O)N[C@H]([C@H](C)Cl)[C@H]2OC(SC)[C@H](O)[C@H](O)C2O)C1.CCNC(=O)N1CCO[C@@H]2[C@H](CN[C@@H]2C(=O)N[C@H]([C@H](C)Cl)[C@H]2OC(SC)[C@H](O)[C@H](O)C2O)C1.CSC1O[C@H]([C@H](NC(=O)[C@H]2NC[C@@H]3CN(Cc4ccccc4)CCO[C@H]32)[C@H](C)Cl)C(O)[C@@H](O)[C@H]1O. The quantitative estimate of drug-likeness (QED) is 0.0294. The van der Waals surface area contributed by atoms with E-state index < -0.39 is 213 Å². The number of amides is 7. The van der Waals surface area contributed by atoms with Crippen molar-refractivity contribution in [2.24, 2.45) is 23.7 Å². The standard InChI is InChI=1S/C24H36ClN3O6S.C21H34ClN3O8S.C20H35ClN4O7S.C20H36ClN3O6S/c1-13(25)16(22-19(30)18(29)20(31)24(34-22)35-2)27-23(32)17-21-15(10-26-17)12-28(8-9-33-21)11-14-6-4-3-5-7-14;1-4-6-32-21(30)25-5-7-31-17-11(9-25)8-23-13(17)19(29)24-12(10(2)22)18-15(27)14(26)16(28)20(33-18)34-3;1-4-22-20(30)25-5-6-31-16-10(8-25)7-23-12(16)18(29)24-11(9(2)21)17-14(27)13(26)15(28)19(32-17)33-3;1-4-5-24-6-7-29-17-11(9-24)8-22-13(17)19(28)23-12(10(2)21)18-15(26)14(25)16(27)20(30-18)31-3/h3-7,13,15-22,24,26,29-31H,8-12H2,1-2H3,(H,27,32);4,10-18,20,23,26-28H,1,5-9H2,2-3H3,(H,24,29);9-17,19,23,26-28H,4-8H2,1-3H3,(H,22,30)(H,24,29);10-18,20,22,25-27H,4-9H2,1-3H3,(H,23,28)/t13-,15+,16+,17-,18+,19?,20+,21+,22+,24?;10-,11+,12+,13-,14+,15?,16+,17+,18+,20?;9-,10+,11+,12-,13+,14?,15+,16+,17+,19?;10-,11+,12+,13-,14+,15?,16+,17+,18+,20?/m0000/s1. The number of hydrogen-bond donors (Lipinski definition) is 21. The van der Waals surface area contributed by atoms with Gasteiger partial charge in [0.05, 0.1) is 96.5 Å². The summed E-state index contributed by atoms with van der Waals surface area (Å²) in [6.45, 7) is 25.6. The van der Waals surface area contributed by atoms with E-state index in [0.717, 1.165) is 45.7 Å². The molecule has 13 rings (SSSR count). The molecule has 12 fully saturated rings. The molecule has 7 amide bonds. The summed E-state index contributed by atoms with van der Waals surface area (Å²) in [7, 11) is 0. The van der Waals surface area contributed by atoms with Crippen LogP contribution >= 0.6 is 93.5 Å². The van der Waals surface area contributed by atoms with Gasteiger partial charge in [0.2, 0.25) is 23.6 Å². The number of nitrogens with zero attached hydrogens (tertiary/aromatic N) is 4. The van der Waals surface area contributed by atoms with E-state index in [9.17, 15) is 90.0 Å². The van der Waals surface area contributed by atoms with Gasteiger partial charge >= 0.3 is 12.1 Å². The summed E-state index contributed by atoms with van der Waals surface area (Å²) in [6, 6.07) is 4.44. The molecule has 760 valence electrons. The number of aliphatic hydroxyl groups excluding tert-OH is 12. The second-order valence-corrected chi connectivity index (χ2v) is 42.1. The number of ether oxygens (including phenoxy) is 9. The molecule has 0 bridgehead atoms. The van der Waals surface area contributed by atoms with Crippen LogP contribution in [0.5, 0.6) is 0 Å². The lowest BCUT2D eigenvalue weighted by molar-refractivity contribution is -0.205. The summed E-state index contributed by atoms with van der Waals surface area (Å²) >= 11 is 30.3. The molecule has 40 nitrogen and oxygen atoms in total. The zero-order chi connectivity index (χ0) is 97.1. The summed E-state index contributed by atoms with van der Waals surface area (Å²) in [5, 5.41) is 149. The van der Waals surface area contributed by atoms with Gasteiger partial charge in [-0.25, -0.2) is 9.59 Å². The Kier molecular flexibility index (Phi) is 44.8. The Balaban J connectivity index is 0.000000184. The Hall–Kier alpha value is -3.10. The third-order valence-corrected chi connectivity index (χ3v) is 30.9. The molecule has 40 atom stereocenters. The summed E-state index contributed by atoms with van der Waals surface area (Å²) < 4.78 is 52.5. The number of rotatable bonds is 27. The van der Waals surface area contributed by atoms with Crippen LogP contribution in [0.3, 0.4) is 0 Å². The Morgan fingerprint density at radius 1 is 0.444 bits per heavy atom. The fourth-order valence-corrected chi connectivity index (χ4v) is 22.7. The van der Waals surface area contributed by atoms with Gasteiger partial charge in [0.25, 0.3) is 0 Å². The molecule has 0 spiro atoms. The number of aliphatic hydroxyl groups is 12. The predicted octanol–water partition coefficient (Wildman–Crippen LogP) is -4.11. The minimum atomic E-state index is -1.45. The molecule has 0 aliphatic carbocycles. The fourth-order valence-electron chi connectivity index (χ4n) is 19.2. The Morgan fingerprint density at radius 2 is 0.744 bits per heavy atom. The maximum atomic E-state index is 13.4. The lowest BCUT2D eigenvalue weighted by Gasteiger charge is -2.44. The van der Waals surface area contributed by atoms with Crippen LogP contribution in [0.2, 0.25) is 0 Å². The molecule has 12 aliphatic heterocycles. The zero-order valence-electron chi connectivity index (χ0n) is 76.5. The largest absolute Gasteiger partial charge is 0.445 e. The van der Waals surface area contributed by atoms with E-state index in [-0.39, 0.29) is 72.8 Å². The van der Waals surface area contributed by atoms with Crippen molar-refractivity contribution in [3.63, 3.8) is 0 Å². The smallest absolute Gasteiger partial charge is 0.410 e. The number of nitrogens with one attached hydrogen (secondary N) is 9. The second kappa shape index (κ2) is 53.3. The maximum Gasteiger partial charge on any atom is 0.410 e.